The van der Waals surface area contributed by atoms with Gasteiger partial charge >= 0.3 is 107 Å². The van der Waals surface area contributed by atoms with Crippen LogP contribution in [0.4, 0.5) is 149 Å². The van der Waals surface area contributed by atoms with Crippen LogP contribution in [0.1, 0.15) is 90.9 Å². The zero-order valence-electron chi connectivity index (χ0n) is 71.4. The molecular weight excluding hydrogens is 1980 g/mol. The van der Waals surface area contributed by atoms with Crippen LogP contribution in [0.2, 0.25) is 0 Å². The van der Waals surface area contributed by atoms with Gasteiger partial charge in [0.1, 0.15) is 67.8 Å². The van der Waals surface area contributed by atoms with Crippen molar-refractivity contribution in [1.82, 2.24) is 0 Å². The van der Waals surface area contributed by atoms with Gasteiger partial charge in [0.2, 0.25) is 12.6 Å². The monoisotopic (exact) mass is 2050 g/mol. The second kappa shape index (κ2) is 42.1. The Bertz CT molecular complexity index is 5380. The fourth-order valence-electron chi connectivity index (χ4n) is 14.4. The highest BCUT2D eigenvalue weighted by atomic mass is 19.4. The van der Waals surface area contributed by atoms with Crippen molar-refractivity contribution in [3.05, 3.63) is 268 Å². The van der Waals surface area contributed by atoms with Gasteiger partial charge in [-0.3, -0.25) is 0 Å². The average molecular weight is 2060 g/mol. The number of benzene rings is 8. The van der Waals surface area contributed by atoms with E-state index in [9.17, 15) is 141 Å². The van der Waals surface area contributed by atoms with E-state index in [1.54, 1.807) is 121 Å². The number of esters is 2. The molecule has 49 heteroatoms. The maximum atomic E-state index is 15.1. The Labute approximate surface area is 770 Å². The maximum absolute atomic E-state index is 15.1. The topological polar surface area (TPSA) is 154 Å². The van der Waals surface area contributed by atoms with Gasteiger partial charge in [0, 0.05) is 12.8 Å². The van der Waals surface area contributed by atoms with E-state index >= 15 is 17.6 Å². The van der Waals surface area contributed by atoms with Gasteiger partial charge in [-0.05, 0) is 113 Å². The van der Waals surface area contributed by atoms with E-state index in [0.29, 0.717) is 22.3 Å². The number of alkyl halides is 34. The SMILES string of the molecule is COc1cc2ccc1O[C@@H]1O[C@H](COC(=O)c3ccc(cc3)O[C@@H]3O[C@H](COC2=O)[C@@H](OCc2ccc(CCCC(F)(F)C(F)(F)C(F)(F)C(F)(F)C(F)(F)C(F)(F)C(F)(F)C(F)(F)F)cc2)[C@H](OCc2ccccc2)[C@H]3OCc2ccccc2)[C@@H](OCc2ccc(CCCC(F)(F)C(F)(F)C(F)(F)C(F)(F)C(F)(F)C(F)(F)C(F)(F)C(F)(F)F)cc2)[C@H](OCc2ccccc2)[C@H]1OCc1ccccc1. The standard InChI is InChI=1S/C91H76F34O15/c1-128-63-42-60-36-39-62(63)138-75-71(134-46-56-22-12-5-13-23-56)69(132-44-54-18-8-3-9-19-54)67(130-48-58-32-28-52(29-33-58)25-15-41-77(94,95)79(98,99)81(102,103)83(106,107)85(110,111)87(114,115)89(118,119)91(123,124)125)65(140-75)49-135-72(126)59-34-37-61(38-35-59)137-74-70(133-45-55-20-10-4-11-21-55)68(131-43-53-16-6-2-7-17-53)66(64(139-74)50-136-73(60)127)129-47-57-30-26-51(27-31-57)24-14-40-76(92,93)78(96,97)80(100,101)82(104,105)84(108,109)86(112,113)88(116,117)90(120,121)122/h2-13,16-23,26-39,42,64-71,74-75H,14-15,24-25,40-41,43-50H2,1H3/t64-,65-,66-,67-,68+,69+,70-,71-,74-,75-/m1/s1. The van der Waals surface area contributed by atoms with Crippen molar-refractivity contribution in [2.45, 2.75) is 235 Å². The summed E-state index contributed by atoms with van der Waals surface area (Å²) in [6.45, 7) is -3.82. The van der Waals surface area contributed by atoms with Crippen molar-refractivity contribution < 1.29 is 220 Å². The first kappa shape index (κ1) is 110. The minimum Gasteiger partial charge on any atom is -0.493 e. The number of ether oxygens (including phenoxy) is 13. The first-order valence-corrected chi connectivity index (χ1v) is 41.3. The molecule has 8 aromatic rings. The molecule has 0 saturated carbocycles. The third-order valence-corrected chi connectivity index (χ3v) is 22.5. The molecule has 15 nitrogen and oxygen atoms in total. The van der Waals surface area contributed by atoms with Crippen molar-refractivity contribution in [2.24, 2.45) is 0 Å². The van der Waals surface area contributed by atoms with E-state index in [2.05, 4.69) is 0 Å². The van der Waals surface area contributed by atoms with Crippen molar-refractivity contribution in [3.63, 3.8) is 0 Å². The summed E-state index contributed by atoms with van der Waals surface area (Å²) in [5, 5.41) is 0. The zero-order valence-corrected chi connectivity index (χ0v) is 71.4. The van der Waals surface area contributed by atoms with Gasteiger partial charge in [-0.25, -0.2) is 9.59 Å². The molecule has 6 heterocycles. The molecule has 140 heavy (non-hydrogen) atoms. The molecule has 0 unspecified atom stereocenters. The van der Waals surface area contributed by atoms with Crippen LogP contribution in [-0.4, -0.2) is 189 Å². The summed E-state index contributed by atoms with van der Waals surface area (Å²) in [6.07, 6.45) is -41.4. The molecular formula is C91H76F34O15. The Morgan fingerprint density at radius 2 is 0.543 bits per heavy atom. The normalized spacial score (nSPS) is 20.9. The number of methoxy groups -OCH3 is 1. The van der Waals surface area contributed by atoms with Gasteiger partial charge in [-0.2, -0.15) is 149 Å². The quantitative estimate of drug-likeness (QED) is 0.0265. The number of halogens is 34. The molecule has 0 spiro atoms. The second-order valence-electron chi connectivity index (χ2n) is 32.1. The highest BCUT2D eigenvalue weighted by Gasteiger charge is 2.97. The Balaban J connectivity index is 0.880. The lowest BCUT2D eigenvalue weighted by atomic mass is 9.87. The third kappa shape index (κ3) is 22.3. The van der Waals surface area contributed by atoms with Crippen LogP contribution in [0.5, 0.6) is 17.2 Å². The van der Waals surface area contributed by atoms with E-state index in [1.807, 2.05) is 0 Å². The van der Waals surface area contributed by atoms with Crippen LogP contribution < -0.4 is 14.2 Å². The van der Waals surface area contributed by atoms with Crippen LogP contribution in [0.15, 0.2) is 212 Å². The van der Waals surface area contributed by atoms with Crippen LogP contribution in [0.3, 0.4) is 0 Å². The molecule has 0 aromatic heterocycles. The zero-order chi connectivity index (χ0) is 103. The fourth-order valence-corrected chi connectivity index (χ4v) is 14.4. The van der Waals surface area contributed by atoms with Crippen LogP contribution in [0, 0.1) is 0 Å². The second-order valence-corrected chi connectivity index (χ2v) is 32.1. The molecule has 0 aliphatic carbocycles. The van der Waals surface area contributed by atoms with Crippen molar-refractivity contribution in [2.75, 3.05) is 20.3 Å². The van der Waals surface area contributed by atoms with E-state index in [0.717, 1.165) is 37.4 Å². The molecule has 6 aliphatic rings. The molecule has 0 amide bonds. The largest absolute Gasteiger partial charge is 0.493 e. The van der Waals surface area contributed by atoms with Gasteiger partial charge in [-0.15, -0.1) is 0 Å². The van der Waals surface area contributed by atoms with E-state index < -0.39 is 234 Å². The third-order valence-electron chi connectivity index (χ3n) is 22.5. The molecule has 8 bridgehead atoms. The van der Waals surface area contributed by atoms with Crippen LogP contribution in [-0.2, 0) is 99.9 Å². The Kier molecular flexibility index (Phi) is 33.0. The average Bonchev–Trinajstić information content (AvgIpc) is 0.696. The van der Waals surface area contributed by atoms with Gasteiger partial charge in [0.15, 0.2) is 11.5 Å². The summed E-state index contributed by atoms with van der Waals surface area (Å²) in [4.78, 5) is 29.3. The summed E-state index contributed by atoms with van der Waals surface area (Å²) in [7, 11) is 1.15. The minimum absolute atomic E-state index is 0.0967. The molecule has 768 valence electrons. The Morgan fingerprint density at radius 3 is 0.857 bits per heavy atom. The Hall–Kier alpha value is -10.6. The summed E-state index contributed by atoms with van der Waals surface area (Å²) in [5.74, 6) is -118. The number of rotatable bonds is 39. The molecule has 0 N–H and O–H groups in total. The van der Waals surface area contributed by atoms with Crippen LogP contribution >= 0.6 is 0 Å². The van der Waals surface area contributed by atoms with Gasteiger partial charge in [0.25, 0.3) is 0 Å². The molecule has 8 aromatic carbocycles. The number of aryl methyl sites for hydroxylation is 2. The first-order valence-electron chi connectivity index (χ1n) is 41.3. The van der Waals surface area contributed by atoms with E-state index in [1.165, 1.54) is 60.7 Å². The summed E-state index contributed by atoms with van der Waals surface area (Å²) in [6, 6.07) is 50.8. The van der Waals surface area contributed by atoms with E-state index in [-0.39, 0.29) is 77.1 Å². The molecule has 6 aliphatic heterocycles. The molecule has 2 saturated heterocycles. The Morgan fingerprint density at radius 1 is 0.279 bits per heavy atom. The maximum Gasteiger partial charge on any atom is 0.460 e. The van der Waals surface area contributed by atoms with Gasteiger partial charge in [0.05, 0.1) is 57.9 Å². The summed E-state index contributed by atoms with van der Waals surface area (Å²) < 4.78 is 563. The number of carbonyl (C=O) groups excluding carboxylic acids is 2. The lowest BCUT2D eigenvalue weighted by molar-refractivity contribution is -0.461. The molecule has 10 atom stereocenters. The predicted octanol–water partition coefficient (Wildman–Crippen LogP) is 24.1. The number of carbonyl (C=O) groups is 2. The lowest BCUT2D eigenvalue weighted by Gasteiger charge is -2.45. The number of hydrogen-bond acceptors (Lipinski definition) is 15. The van der Waals surface area contributed by atoms with Gasteiger partial charge < -0.3 is 61.6 Å². The highest BCUT2D eigenvalue weighted by molar-refractivity contribution is 5.90. The van der Waals surface area contributed by atoms with Crippen LogP contribution in [0.25, 0.3) is 0 Å². The van der Waals surface area contributed by atoms with E-state index in [4.69, 9.17) is 61.6 Å². The lowest BCUT2D eigenvalue weighted by Crippen LogP contribution is -2.74. The molecule has 2 fully saturated rings. The van der Waals surface area contributed by atoms with Crippen molar-refractivity contribution in [1.29, 1.82) is 0 Å². The smallest absolute Gasteiger partial charge is 0.460 e. The first-order chi connectivity index (χ1) is 65.1. The molecule has 0 radical (unpaired) electrons. The molecule has 14 rings (SSSR count). The number of hydrogen-bond donors (Lipinski definition) is 0. The summed E-state index contributed by atoms with van der Waals surface area (Å²) in [5.41, 5.74) is 1.50. The van der Waals surface area contributed by atoms with Crippen molar-refractivity contribution >= 4 is 11.9 Å². The fraction of sp³-hybridized carbons (Fsp3) is 0.451. The van der Waals surface area contributed by atoms with Crippen molar-refractivity contribution in [3.8, 4) is 17.2 Å². The summed E-state index contributed by atoms with van der Waals surface area (Å²) >= 11 is 0. The highest BCUT2D eigenvalue weighted by Crippen LogP contribution is 2.67. The van der Waals surface area contributed by atoms with Gasteiger partial charge in [-0.1, -0.05) is 170 Å². The minimum atomic E-state index is -8.81. The predicted molar refractivity (Wildman–Crippen MR) is 416 cm³/mol.